The lowest BCUT2D eigenvalue weighted by atomic mass is 9.85. The van der Waals surface area contributed by atoms with Crippen molar-refractivity contribution in [2.45, 2.75) is 128 Å². The van der Waals surface area contributed by atoms with Crippen molar-refractivity contribution in [3.63, 3.8) is 0 Å². The van der Waals surface area contributed by atoms with Crippen molar-refractivity contribution in [2.24, 2.45) is 17.3 Å². The zero-order valence-electron chi connectivity index (χ0n) is 35.1. The van der Waals surface area contributed by atoms with Crippen LogP contribution in [0.2, 0.25) is 0 Å². The summed E-state index contributed by atoms with van der Waals surface area (Å²) in [6, 6.07) is 2.85. The highest BCUT2D eigenvalue weighted by molar-refractivity contribution is 7.14. The molecular weight excluding hydrogens is 787 g/mol. The largest absolute Gasteiger partial charge is 0.496 e. The number of ether oxygens (including phenoxy) is 2. The summed E-state index contributed by atoms with van der Waals surface area (Å²) in [7, 11) is 1.58. The molecule has 3 heterocycles. The predicted octanol–water partition coefficient (Wildman–Crippen LogP) is 6.34. The van der Waals surface area contributed by atoms with E-state index >= 15 is 0 Å². The monoisotopic (exact) mass is 843 g/mol. The number of carboxylic acid groups (broad SMARTS) is 1. The van der Waals surface area contributed by atoms with Gasteiger partial charge < -0.3 is 40.7 Å². The molecule has 16 heteroatoms. The van der Waals surface area contributed by atoms with E-state index in [1.807, 2.05) is 45.2 Å². The van der Waals surface area contributed by atoms with Gasteiger partial charge in [-0.25, -0.2) is 19.6 Å². The van der Waals surface area contributed by atoms with Gasteiger partial charge in [0.25, 0.3) is 0 Å². The van der Waals surface area contributed by atoms with E-state index in [-0.39, 0.29) is 31.3 Å². The number of likely N-dealkylation sites (tertiary alicyclic amines) is 1. The Morgan fingerprint density at radius 3 is 2.42 bits per heavy atom. The molecule has 4 fully saturated rings. The zero-order valence-corrected chi connectivity index (χ0v) is 35.9. The van der Waals surface area contributed by atoms with Gasteiger partial charge >= 0.3 is 12.0 Å². The number of aromatic nitrogens is 2. The molecule has 5 atom stereocenters. The van der Waals surface area contributed by atoms with Crippen LogP contribution in [0.4, 0.5) is 9.93 Å². The number of carboxylic acids is 1. The molecule has 0 unspecified atom stereocenters. The van der Waals surface area contributed by atoms with E-state index in [0.29, 0.717) is 51.3 Å². The van der Waals surface area contributed by atoms with Crippen LogP contribution < -0.4 is 30.7 Å². The fraction of sp³-hybridized carbons (Fsp3) is 0.568. The number of nitrogens with zero attached hydrogens (tertiary/aromatic N) is 3. The molecule has 1 aliphatic heterocycles. The topological polar surface area (TPSA) is 201 Å². The smallest absolute Gasteiger partial charge is 0.330 e. The molecule has 60 heavy (non-hydrogen) atoms. The van der Waals surface area contributed by atoms with E-state index in [1.165, 1.54) is 22.3 Å². The first-order valence-corrected chi connectivity index (χ1v) is 21.9. The number of fused-ring (bicyclic) bond motifs is 1. The number of anilines is 1. The van der Waals surface area contributed by atoms with Crippen molar-refractivity contribution in [1.82, 2.24) is 30.8 Å². The summed E-state index contributed by atoms with van der Waals surface area (Å²) in [6.07, 6.45) is 9.68. The van der Waals surface area contributed by atoms with Crippen LogP contribution in [0, 0.1) is 24.2 Å². The number of benzene rings is 1. The van der Waals surface area contributed by atoms with Crippen LogP contribution in [-0.4, -0.2) is 93.1 Å². The summed E-state index contributed by atoms with van der Waals surface area (Å²) in [5.74, 6) is -1.38. The SMILES string of the molecule is C=C[C@@H]1C[C@]1(NC(=O)[C@@H]1C[C@@H](Oc2cc(-c3csc(NC(=O)CC4CCCC4)n3)nc3c(C)c(OC)ccc23)CN1C(=O)[C@@H](NC(=O)NC1CCCC1)C(C)(C)C)C(=O)O. The Hall–Kier alpha value is -5.25. The number of methoxy groups -OCH3 is 1. The quantitative estimate of drug-likeness (QED) is 0.114. The van der Waals surface area contributed by atoms with E-state index in [1.54, 1.807) is 13.2 Å². The lowest BCUT2D eigenvalue weighted by Gasteiger charge is -2.35. The lowest BCUT2D eigenvalue weighted by molar-refractivity contribution is -0.146. The Kier molecular flexibility index (Phi) is 12.4. The number of pyridine rings is 1. The summed E-state index contributed by atoms with van der Waals surface area (Å²) in [5.41, 5.74) is 0.0915. The Labute approximate surface area is 354 Å². The summed E-state index contributed by atoms with van der Waals surface area (Å²) >= 11 is 1.30. The molecule has 3 saturated carbocycles. The van der Waals surface area contributed by atoms with Crippen molar-refractivity contribution in [3.8, 4) is 22.9 Å². The van der Waals surface area contributed by atoms with Gasteiger partial charge in [-0.1, -0.05) is 52.5 Å². The van der Waals surface area contributed by atoms with Gasteiger partial charge in [-0.3, -0.25) is 14.4 Å². The van der Waals surface area contributed by atoms with Crippen LogP contribution in [0.1, 0.15) is 97.0 Å². The Morgan fingerprint density at radius 2 is 1.77 bits per heavy atom. The minimum absolute atomic E-state index is 0.0206. The molecule has 2 aromatic heterocycles. The number of hydrogen-bond donors (Lipinski definition) is 5. The number of carbonyl (C=O) groups is 5. The molecule has 15 nitrogen and oxygen atoms in total. The van der Waals surface area contributed by atoms with Gasteiger partial charge in [0.15, 0.2) is 5.13 Å². The average molecular weight is 844 g/mol. The highest BCUT2D eigenvalue weighted by Crippen LogP contribution is 2.45. The second kappa shape index (κ2) is 17.4. The number of urea groups is 1. The summed E-state index contributed by atoms with van der Waals surface area (Å²) in [4.78, 5) is 78.6. The molecule has 3 aliphatic carbocycles. The highest BCUT2D eigenvalue weighted by Gasteiger charge is 2.61. The van der Waals surface area contributed by atoms with Crippen LogP contribution >= 0.6 is 11.3 Å². The summed E-state index contributed by atoms with van der Waals surface area (Å²) < 4.78 is 12.4. The van der Waals surface area contributed by atoms with Crippen molar-refractivity contribution in [2.75, 3.05) is 19.0 Å². The fourth-order valence-electron chi connectivity index (χ4n) is 9.04. The number of rotatable bonds is 14. The Balaban J connectivity index is 1.19. The maximum Gasteiger partial charge on any atom is 0.330 e. The molecule has 5 amide bonds. The van der Waals surface area contributed by atoms with E-state index < -0.39 is 58.9 Å². The third kappa shape index (κ3) is 9.08. The first kappa shape index (κ1) is 42.9. The maximum absolute atomic E-state index is 14.7. The molecule has 0 radical (unpaired) electrons. The number of nitrogens with one attached hydrogen (secondary N) is 4. The predicted molar refractivity (Wildman–Crippen MR) is 228 cm³/mol. The van der Waals surface area contributed by atoms with Gasteiger partial charge in [0.05, 0.1) is 24.9 Å². The first-order chi connectivity index (χ1) is 28.6. The van der Waals surface area contributed by atoms with Crippen molar-refractivity contribution in [3.05, 3.63) is 41.8 Å². The van der Waals surface area contributed by atoms with E-state index in [9.17, 15) is 29.1 Å². The maximum atomic E-state index is 14.7. The minimum atomic E-state index is -1.52. The minimum Gasteiger partial charge on any atom is -0.496 e. The summed E-state index contributed by atoms with van der Waals surface area (Å²) in [5, 5.41) is 24.7. The van der Waals surface area contributed by atoms with Gasteiger partial charge in [0.1, 0.15) is 40.9 Å². The molecule has 0 spiro atoms. The third-order valence-corrected chi connectivity index (χ3v) is 13.3. The van der Waals surface area contributed by atoms with E-state index in [4.69, 9.17) is 19.4 Å². The number of amides is 5. The molecule has 5 N–H and O–H groups in total. The van der Waals surface area contributed by atoms with Crippen molar-refractivity contribution in [1.29, 1.82) is 0 Å². The number of carbonyl (C=O) groups excluding carboxylic acids is 4. The van der Waals surface area contributed by atoms with Gasteiger partial charge in [0.2, 0.25) is 17.7 Å². The Morgan fingerprint density at radius 1 is 1.05 bits per heavy atom. The van der Waals surface area contributed by atoms with E-state index in [0.717, 1.165) is 56.9 Å². The van der Waals surface area contributed by atoms with Crippen LogP contribution in [-0.2, 0) is 19.2 Å². The lowest BCUT2D eigenvalue weighted by Crippen LogP contribution is -2.60. The fourth-order valence-corrected chi connectivity index (χ4v) is 9.76. The molecule has 322 valence electrons. The molecule has 4 aliphatic rings. The van der Waals surface area contributed by atoms with Crippen LogP contribution in [0.3, 0.4) is 0 Å². The van der Waals surface area contributed by atoms with Gasteiger partial charge in [-0.2, -0.15) is 0 Å². The highest BCUT2D eigenvalue weighted by atomic mass is 32.1. The molecule has 7 rings (SSSR count). The van der Waals surface area contributed by atoms with Crippen LogP contribution in [0.15, 0.2) is 36.2 Å². The molecule has 3 aromatic rings. The Bertz CT molecular complexity index is 2160. The summed E-state index contributed by atoms with van der Waals surface area (Å²) in [6.45, 7) is 11.1. The van der Waals surface area contributed by atoms with Crippen molar-refractivity contribution >= 4 is 57.1 Å². The van der Waals surface area contributed by atoms with Gasteiger partial charge in [-0.05, 0) is 62.5 Å². The average Bonchev–Trinajstić information content (AvgIpc) is 3.83. The molecule has 1 aromatic carbocycles. The first-order valence-electron chi connectivity index (χ1n) is 21.1. The standard InChI is InChI=1S/C44H57N7O8S/c1-7-26-21-44(26,40(55)56)50-38(53)32-19-28(22-51(32)39(54)37(43(3,4)5)49-41(57)45-27-14-10-11-15-27)59-34-20-30(46-36-24(2)33(58-6)17-16-29(34)36)31-23-60-42(47-31)48-35(52)18-25-12-8-9-13-25/h7,16-17,20,23,25-28,32,37H,1,8-15,18-19,21-22H2,2-6H3,(H,50,53)(H,55,56)(H2,45,49,57)(H,47,48,52)/t26-,28-,32+,37-,44-/m1/s1. The number of hydrogen-bond acceptors (Lipinski definition) is 10. The second-order valence-electron chi connectivity index (χ2n) is 17.9. The van der Waals surface area contributed by atoms with Crippen LogP contribution in [0.25, 0.3) is 22.3 Å². The zero-order chi connectivity index (χ0) is 42.9. The normalized spacial score (nSPS) is 23.6. The van der Waals surface area contributed by atoms with Crippen LogP contribution in [0.5, 0.6) is 11.5 Å². The number of thiazole rings is 1. The van der Waals surface area contributed by atoms with E-state index in [2.05, 4.69) is 27.8 Å². The number of aryl methyl sites for hydroxylation is 1. The molecule has 1 saturated heterocycles. The third-order valence-electron chi connectivity index (χ3n) is 12.6. The van der Waals surface area contributed by atoms with Gasteiger partial charge in [-0.15, -0.1) is 17.9 Å². The molecular formula is C44H57N7O8S. The molecule has 0 bridgehead atoms. The second-order valence-corrected chi connectivity index (χ2v) is 18.8. The number of aliphatic carboxylic acids is 1. The van der Waals surface area contributed by atoms with Crippen molar-refractivity contribution < 1.29 is 38.6 Å². The van der Waals surface area contributed by atoms with Gasteiger partial charge in [0, 0.05) is 47.2 Å².